The van der Waals surface area contributed by atoms with E-state index in [1.54, 1.807) is 24.5 Å². The van der Waals surface area contributed by atoms with Gasteiger partial charge in [-0.3, -0.25) is 29.6 Å². The van der Waals surface area contributed by atoms with E-state index in [2.05, 4.69) is 21.0 Å². The van der Waals surface area contributed by atoms with Crippen LogP contribution in [0.25, 0.3) is 0 Å². The topological polar surface area (TPSA) is 187 Å². The molecule has 13 heteroatoms. The second-order valence-electron chi connectivity index (χ2n) is 12.8. The van der Waals surface area contributed by atoms with Gasteiger partial charge >= 0.3 is 12.0 Å². The van der Waals surface area contributed by atoms with E-state index in [0.29, 0.717) is 5.56 Å². The van der Waals surface area contributed by atoms with Crippen molar-refractivity contribution in [3.63, 3.8) is 0 Å². The number of carbonyl (C=O) groups excluding carboxylic acids is 4. The molecule has 5 amide bonds. The number of urea groups is 1. The molecule has 2 heterocycles. The molecular weight excluding hydrogens is 662 g/mol. The molecule has 4 atom stereocenters. The Bertz CT molecular complexity index is 1800. The van der Waals surface area contributed by atoms with Gasteiger partial charge in [0.25, 0.3) is 0 Å². The number of aliphatic carboxylic acids is 1. The third-order valence-electron chi connectivity index (χ3n) is 8.65. The van der Waals surface area contributed by atoms with E-state index in [4.69, 9.17) is 5.73 Å². The van der Waals surface area contributed by atoms with Crippen LogP contribution in [-0.2, 0) is 45.0 Å². The van der Waals surface area contributed by atoms with Crippen LogP contribution in [-0.4, -0.2) is 80.4 Å². The number of nitrogens with two attached hydrogens (primary N) is 1. The molecule has 0 spiro atoms. The Morgan fingerprint density at radius 1 is 0.808 bits per heavy atom. The highest BCUT2D eigenvalue weighted by molar-refractivity contribution is 5.93. The summed E-state index contributed by atoms with van der Waals surface area (Å²) in [5.41, 5.74) is 12.1. The molecule has 1 saturated heterocycles. The molecular formula is C39H43N7O6. The van der Waals surface area contributed by atoms with Gasteiger partial charge in [0.15, 0.2) is 0 Å². The Morgan fingerprint density at radius 3 is 2.04 bits per heavy atom. The number of nitrogens with one attached hydrogen (secondary N) is 3. The highest BCUT2D eigenvalue weighted by atomic mass is 16.4. The van der Waals surface area contributed by atoms with Gasteiger partial charge in [-0.05, 0) is 41.2 Å². The molecule has 0 saturated carbocycles. The van der Waals surface area contributed by atoms with E-state index in [9.17, 15) is 29.1 Å². The predicted molar refractivity (Wildman–Crippen MR) is 193 cm³/mol. The van der Waals surface area contributed by atoms with Gasteiger partial charge in [0.1, 0.15) is 12.1 Å². The van der Waals surface area contributed by atoms with E-state index in [-0.39, 0.29) is 45.2 Å². The van der Waals surface area contributed by atoms with Gasteiger partial charge < -0.3 is 26.4 Å². The summed E-state index contributed by atoms with van der Waals surface area (Å²) in [6, 6.07) is 26.8. The van der Waals surface area contributed by atoms with Crippen LogP contribution in [0.4, 0.5) is 4.79 Å². The molecule has 0 bridgehead atoms. The first-order valence-electron chi connectivity index (χ1n) is 17.1. The maximum Gasteiger partial charge on any atom is 0.339 e. The van der Waals surface area contributed by atoms with Gasteiger partial charge in [0.2, 0.25) is 17.7 Å². The Balaban J connectivity index is 1.35. The number of hydrogen-bond acceptors (Lipinski definition) is 7. The van der Waals surface area contributed by atoms with E-state index in [0.717, 1.165) is 16.7 Å². The second kappa shape index (κ2) is 18.2. The fraction of sp³-hybridized carbons (Fsp3) is 0.282. The second-order valence-corrected chi connectivity index (χ2v) is 12.8. The summed E-state index contributed by atoms with van der Waals surface area (Å²) in [6.07, 6.45) is 3.29. The number of hydrazine groups is 1. The van der Waals surface area contributed by atoms with E-state index >= 15 is 0 Å². The first-order chi connectivity index (χ1) is 25.1. The van der Waals surface area contributed by atoms with Crippen LogP contribution in [0.15, 0.2) is 116 Å². The van der Waals surface area contributed by atoms with Crippen LogP contribution >= 0.6 is 0 Å². The quantitative estimate of drug-likeness (QED) is 0.124. The first kappa shape index (κ1) is 37.2. The fourth-order valence-electron chi connectivity index (χ4n) is 6.19. The van der Waals surface area contributed by atoms with Crippen molar-refractivity contribution >= 4 is 29.7 Å². The zero-order valence-corrected chi connectivity index (χ0v) is 28.6. The third kappa shape index (κ3) is 11.0. The zero-order valence-electron chi connectivity index (χ0n) is 28.6. The molecule has 1 aromatic heterocycles. The Hall–Kier alpha value is -6.08. The lowest BCUT2D eigenvalue weighted by Gasteiger charge is -2.32. The van der Waals surface area contributed by atoms with Crippen molar-refractivity contribution in [1.29, 1.82) is 0 Å². The highest BCUT2D eigenvalue weighted by Crippen LogP contribution is 2.20. The summed E-state index contributed by atoms with van der Waals surface area (Å²) in [6.45, 7) is 0.0622. The largest absolute Gasteiger partial charge is 0.481 e. The third-order valence-corrected chi connectivity index (χ3v) is 8.65. The standard InChI is InChI=1S/C39H43N7O6/c40-31-22-34(45(26-31)39(52)46(25-29-15-8-3-9-16-29)44-35(47)21-28-13-6-2-7-14-28)38(51)43-33(20-30-17-10-18-41-24-30)37(50)42-32(23-36(48)49)19-27-11-4-1-5-12-27/h1-18,24,31-34H,19-23,25-26,40H2,(H,42,50)(H,43,51)(H,44,47)(H,48,49)/t31-,32-,33-,34-/m0/s1. The number of amides is 5. The number of likely N-dealkylation sites (tertiary alicyclic amines) is 1. The minimum Gasteiger partial charge on any atom is -0.481 e. The number of benzene rings is 3. The van der Waals surface area contributed by atoms with Crippen molar-refractivity contribution in [2.45, 2.75) is 62.8 Å². The highest BCUT2D eigenvalue weighted by Gasteiger charge is 2.41. The lowest BCUT2D eigenvalue weighted by molar-refractivity contribution is -0.138. The van der Waals surface area contributed by atoms with Crippen LogP contribution in [0.2, 0.25) is 0 Å². The molecule has 0 radical (unpaired) electrons. The van der Waals surface area contributed by atoms with Gasteiger partial charge in [-0.25, -0.2) is 9.80 Å². The molecule has 3 aromatic carbocycles. The molecule has 52 heavy (non-hydrogen) atoms. The number of carboxylic acids is 1. The van der Waals surface area contributed by atoms with E-state index in [1.165, 1.54) is 9.91 Å². The minimum atomic E-state index is -1.14. The average molecular weight is 706 g/mol. The molecule has 1 aliphatic rings. The Morgan fingerprint density at radius 2 is 1.42 bits per heavy atom. The summed E-state index contributed by atoms with van der Waals surface area (Å²) >= 11 is 0. The SMILES string of the molecule is N[C@H]1C[C@@H](C(=O)N[C@@H](Cc2cccnc2)C(=O)N[C@H](CC(=O)O)Cc2ccccc2)N(C(=O)N(Cc2ccccc2)NC(=O)Cc2ccccc2)C1. The molecule has 4 aromatic rings. The number of rotatable bonds is 14. The molecule has 1 aliphatic heterocycles. The molecule has 0 unspecified atom stereocenters. The molecule has 13 nitrogen and oxygen atoms in total. The molecule has 0 aliphatic carbocycles. The van der Waals surface area contributed by atoms with Crippen molar-refractivity contribution in [2.75, 3.05) is 6.54 Å². The maximum atomic E-state index is 14.2. The van der Waals surface area contributed by atoms with Gasteiger partial charge in [-0.2, -0.15) is 0 Å². The fourth-order valence-corrected chi connectivity index (χ4v) is 6.19. The number of pyridine rings is 1. The van der Waals surface area contributed by atoms with Crippen LogP contribution < -0.4 is 21.8 Å². The maximum absolute atomic E-state index is 14.2. The van der Waals surface area contributed by atoms with Crippen LogP contribution in [0, 0.1) is 0 Å². The van der Waals surface area contributed by atoms with E-state index in [1.807, 2.05) is 91.0 Å². The first-order valence-corrected chi connectivity index (χ1v) is 17.1. The van der Waals surface area contributed by atoms with Gasteiger partial charge in [0, 0.05) is 37.4 Å². The zero-order chi connectivity index (χ0) is 36.9. The van der Waals surface area contributed by atoms with Crippen LogP contribution in [0.3, 0.4) is 0 Å². The lowest BCUT2D eigenvalue weighted by atomic mass is 10.0. The number of carbonyl (C=O) groups is 5. The van der Waals surface area contributed by atoms with Crippen LogP contribution in [0.5, 0.6) is 0 Å². The molecule has 5 rings (SSSR count). The van der Waals surface area contributed by atoms with Gasteiger partial charge in [-0.15, -0.1) is 0 Å². The summed E-state index contributed by atoms with van der Waals surface area (Å²) in [4.78, 5) is 72.4. The van der Waals surface area contributed by atoms with E-state index < -0.39 is 53.9 Å². The Kier molecular flexibility index (Phi) is 13.0. The minimum absolute atomic E-state index is 0.0265. The van der Waals surface area contributed by atoms with Gasteiger partial charge in [-0.1, -0.05) is 97.1 Å². The number of hydrogen-bond donors (Lipinski definition) is 5. The number of aromatic nitrogens is 1. The van der Waals surface area contributed by atoms with Crippen molar-refractivity contribution in [3.05, 3.63) is 138 Å². The average Bonchev–Trinajstić information content (AvgIpc) is 3.53. The number of nitrogens with zero attached hydrogens (tertiary/aromatic N) is 3. The monoisotopic (exact) mass is 705 g/mol. The summed E-state index contributed by atoms with van der Waals surface area (Å²) < 4.78 is 0. The molecule has 1 fully saturated rings. The summed E-state index contributed by atoms with van der Waals surface area (Å²) in [5, 5.41) is 16.4. The molecule has 270 valence electrons. The summed E-state index contributed by atoms with van der Waals surface area (Å²) in [5.74, 6) is -2.70. The van der Waals surface area contributed by atoms with Crippen molar-refractivity contribution in [1.82, 2.24) is 31.0 Å². The predicted octanol–water partition coefficient (Wildman–Crippen LogP) is 2.61. The number of carboxylic acid groups (broad SMARTS) is 1. The van der Waals surface area contributed by atoms with Crippen molar-refractivity contribution in [2.24, 2.45) is 5.73 Å². The van der Waals surface area contributed by atoms with Crippen LogP contribution in [0.1, 0.15) is 35.1 Å². The summed E-state index contributed by atoms with van der Waals surface area (Å²) in [7, 11) is 0. The lowest BCUT2D eigenvalue weighted by Crippen LogP contribution is -2.58. The normalized spacial score (nSPS) is 16.3. The van der Waals surface area contributed by atoms with Crippen molar-refractivity contribution in [3.8, 4) is 0 Å². The van der Waals surface area contributed by atoms with Gasteiger partial charge in [0.05, 0.1) is 19.4 Å². The smallest absolute Gasteiger partial charge is 0.339 e. The Labute approximate surface area is 302 Å². The molecule has 6 N–H and O–H groups in total. The van der Waals surface area contributed by atoms with Crippen molar-refractivity contribution < 1.29 is 29.1 Å².